The first-order chi connectivity index (χ1) is 19.3. The zero-order valence-electron chi connectivity index (χ0n) is 22.6. The fraction of sp³-hybridized carbons (Fsp3) is 0.500. The van der Waals surface area contributed by atoms with Crippen LogP contribution in [0.25, 0.3) is 11.2 Å². The number of imidazole rings is 1. The summed E-state index contributed by atoms with van der Waals surface area (Å²) < 4.78 is 45.8. The van der Waals surface area contributed by atoms with Crippen LogP contribution in [0.5, 0.6) is 0 Å². The molecule has 0 aliphatic heterocycles. The number of aliphatic hydroxyl groups excluding tert-OH is 2. The summed E-state index contributed by atoms with van der Waals surface area (Å²) in [6.45, 7) is 3.66. The lowest BCUT2D eigenvalue weighted by atomic mass is 9.97. The van der Waals surface area contributed by atoms with E-state index in [1.807, 2.05) is 6.07 Å². The van der Waals surface area contributed by atoms with Crippen molar-refractivity contribution in [1.82, 2.24) is 24.6 Å². The van der Waals surface area contributed by atoms with E-state index in [1.165, 1.54) is 17.8 Å². The van der Waals surface area contributed by atoms with Crippen LogP contribution in [0.1, 0.15) is 32.6 Å². The van der Waals surface area contributed by atoms with Crippen LogP contribution in [0, 0.1) is 5.41 Å². The van der Waals surface area contributed by atoms with Crippen molar-refractivity contribution in [2.45, 2.75) is 46.0 Å². The second-order valence-corrected chi connectivity index (χ2v) is 12.7. The minimum atomic E-state index is -4.10. The van der Waals surface area contributed by atoms with Crippen molar-refractivity contribution in [3.63, 3.8) is 0 Å². The number of hydrogen-bond acceptors (Lipinski definition) is 12. The van der Waals surface area contributed by atoms with Gasteiger partial charge in [-0.1, -0.05) is 42.1 Å². The van der Waals surface area contributed by atoms with E-state index in [0.717, 1.165) is 17.3 Å². The smallest absolute Gasteiger partial charge is 0.395 e. The van der Waals surface area contributed by atoms with Gasteiger partial charge in [0.05, 0.1) is 31.6 Å². The third-order valence-electron chi connectivity index (χ3n) is 5.75. The van der Waals surface area contributed by atoms with E-state index in [4.69, 9.17) is 31.1 Å². The van der Waals surface area contributed by atoms with Gasteiger partial charge in [-0.05, 0) is 37.9 Å². The number of thioether (sulfide) groups is 1. The van der Waals surface area contributed by atoms with Crippen LogP contribution in [-0.4, -0.2) is 72.9 Å². The van der Waals surface area contributed by atoms with Crippen molar-refractivity contribution in [3.8, 4) is 0 Å². The molecule has 5 N–H and O–H groups in total. The number of nitrogens with one attached hydrogen (secondary N) is 1. The van der Waals surface area contributed by atoms with Gasteiger partial charge in [0.1, 0.15) is 17.8 Å². The number of nitrogens with zero attached hydrogens (tertiary/aromatic N) is 4. The Bertz CT molecular complexity index is 1350. The Kier molecular flexibility index (Phi) is 12.0. The van der Waals surface area contributed by atoms with Gasteiger partial charge in [-0.15, -0.1) is 0 Å². The van der Waals surface area contributed by atoms with Crippen LogP contribution in [0.3, 0.4) is 0 Å². The lowest BCUT2D eigenvalue weighted by Gasteiger charge is -2.26. The molecule has 0 fully saturated rings. The van der Waals surface area contributed by atoms with Crippen molar-refractivity contribution >= 4 is 53.2 Å². The number of alkyl halides is 1. The van der Waals surface area contributed by atoms with Gasteiger partial charge in [-0.3, -0.25) is 18.4 Å². The number of fused-ring (bicyclic) bond motifs is 1. The lowest BCUT2D eigenvalue weighted by Crippen LogP contribution is -2.33. The summed E-state index contributed by atoms with van der Waals surface area (Å²) in [5.41, 5.74) is 6.12. The predicted molar refractivity (Wildman–Crippen MR) is 153 cm³/mol. The number of hydrogen-bond donors (Lipinski definition) is 4. The van der Waals surface area contributed by atoms with Crippen LogP contribution in [0.2, 0.25) is 5.28 Å². The van der Waals surface area contributed by atoms with E-state index in [1.54, 1.807) is 38.1 Å². The maximum atomic E-state index is 14.2. The molecule has 17 heteroatoms. The standard InChI is InChI=1S/C24H33ClFN6O7PS/c1-15(32-14-28-18-20(27)30-23(25)31-21(18)32)39-17(19(26)34)12-38-40(36,29-11-16-7-5-4-6-8-16)37-9-10-41-22(35)24(2,3)13-33/h4-8,14-15,17,19,33-34H,9-13H2,1-3H3,(H,29,36)(H2,27,30,31). The topological polar surface area (TPSA) is 184 Å². The van der Waals surface area contributed by atoms with Gasteiger partial charge in [-0.25, -0.2) is 19.0 Å². The summed E-state index contributed by atoms with van der Waals surface area (Å²) in [6.07, 6.45) is -3.73. The highest BCUT2D eigenvalue weighted by Gasteiger charge is 2.32. The zero-order valence-corrected chi connectivity index (χ0v) is 25.1. The van der Waals surface area contributed by atoms with Crippen molar-refractivity contribution in [2.75, 3.05) is 31.3 Å². The molecule has 0 saturated heterocycles. The number of rotatable bonds is 16. The molecule has 13 nitrogen and oxygen atoms in total. The number of ether oxygens (including phenoxy) is 1. The van der Waals surface area contributed by atoms with Crippen LogP contribution >= 0.6 is 31.1 Å². The third kappa shape index (κ3) is 9.40. The van der Waals surface area contributed by atoms with E-state index in [0.29, 0.717) is 0 Å². The van der Waals surface area contributed by atoms with Crippen molar-refractivity contribution in [3.05, 3.63) is 47.5 Å². The molecule has 1 aromatic carbocycles. The highest BCUT2D eigenvalue weighted by molar-refractivity contribution is 8.13. The largest absolute Gasteiger partial charge is 0.405 e. The van der Waals surface area contributed by atoms with Crippen LogP contribution in [0.15, 0.2) is 36.7 Å². The number of aliphatic hydroxyl groups is 2. The van der Waals surface area contributed by atoms with Gasteiger partial charge in [0.2, 0.25) is 11.6 Å². The summed E-state index contributed by atoms with van der Waals surface area (Å²) >= 11 is 6.81. The van der Waals surface area contributed by atoms with Crippen LogP contribution in [-0.2, 0) is 29.7 Å². The maximum absolute atomic E-state index is 14.2. The molecule has 4 unspecified atom stereocenters. The Morgan fingerprint density at radius 3 is 2.66 bits per heavy atom. The maximum Gasteiger partial charge on any atom is 0.405 e. The number of benzene rings is 1. The van der Waals surface area contributed by atoms with E-state index in [9.17, 15) is 24.0 Å². The van der Waals surface area contributed by atoms with Gasteiger partial charge >= 0.3 is 7.75 Å². The molecule has 0 saturated carbocycles. The highest BCUT2D eigenvalue weighted by Crippen LogP contribution is 2.45. The molecule has 0 bridgehead atoms. The Hall–Kier alpha value is -2.20. The molecule has 4 atom stereocenters. The third-order valence-corrected chi connectivity index (χ3v) is 8.66. The van der Waals surface area contributed by atoms with Crippen LogP contribution < -0.4 is 10.8 Å². The summed E-state index contributed by atoms with van der Waals surface area (Å²) in [4.78, 5) is 24.3. The first-order valence-corrected chi connectivity index (χ1v) is 15.4. The molecular formula is C24H33ClFN6O7PS. The van der Waals surface area contributed by atoms with Gasteiger partial charge < -0.3 is 20.7 Å². The summed E-state index contributed by atoms with van der Waals surface area (Å²) in [5.74, 6) is 0.158. The number of aromatic nitrogens is 4. The Morgan fingerprint density at radius 2 is 2.00 bits per heavy atom. The van der Waals surface area contributed by atoms with E-state index in [-0.39, 0.29) is 52.9 Å². The second-order valence-electron chi connectivity index (χ2n) is 9.47. The van der Waals surface area contributed by atoms with Gasteiger partial charge in [-0.2, -0.15) is 9.97 Å². The quantitative estimate of drug-likeness (QED) is 0.102. The molecule has 0 aliphatic rings. The highest BCUT2D eigenvalue weighted by atomic mass is 35.5. The van der Waals surface area contributed by atoms with Gasteiger partial charge in [0.25, 0.3) is 0 Å². The summed E-state index contributed by atoms with van der Waals surface area (Å²) in [6, 6.07) is 9.00. The molecular weight excluding hydrogens is 602 g/mol. The van der Waals surface area contributed by atoms with Crippen molar-refractivity contribution < 1.29 is 37.7 Å². The molecule has 0 aliphatic carbocycles. The fourth-order valence-corrected chi connectivity index (χ4v) is 5.72. The number of anilines is 1. The Morgan fingerprint density at radius 1 is 1.29 bits per heavy atom. The van der Waals surface area contributed by atoms with E-state index < -0.39 is 38.5 Å². The molecule has 3 aromatic rings. The fourth-order valence-electron chi connectivity index (χ4n) is 3.31. The minimum absolute atomic E-state index is 0.0405. The number of carbonyl (C=O) groups excluding carboxylic acids is 1. The minimum Gasteiger partial charge on any atom is -0.395 e. The molecule has 0 amide bonds. The monoisotopic (exact) mass is 634 g/mol. The number of nitrogens with two attached hydrogens (primary N) is 1. The Balaban J connectivity index is 1.68. The van der Waals surface area contributed by atoms with Gasteiger partial charge in [0.15, 0.2) is 16.6 Å². The normalized spacial score (nSPS) is 15.9. The van der Waals surface area contributed by atoms with Gasteiger partial charge in [0, 0.05) is 12.3 Å². The summed E-state index contributed by atoms with van der Waals surface area (Å²) in [7, 11) is -4.10. The lowest BCUT2D eigenvalue weighted by molar-refractivity contribution is -0.152. The van der Waals surface area contributed by atoms with E-state index in [2.05, 4.69) is 20.0 Å². The molecule has 0 spiro atoms. The average Bonchev–Trinajstić information content (AvgIpc) is 3.37. The molecule has 2 aromatic heterocycles. The average molecular weight is 635 g/mol. The Labute approximate surface area is 245 Å². The molecule has 226 valence electrons. The second kappa shape index (κ2) is 14.8. The molecule has 2 heterocycles. The zero-order chi connectivity index (χ0) is 30.2. The number of carbonyl (C=O) groups is 1. The first kappa shape index (κ1) is 33.3. The van der Waals surface area contributed by atoms with Crippen molar-refractivity contribution in [2.24, 2.45) is 5.41 Å². The number of nitrogen functional groups attached to an aromatic ring is 1. The van der Waals surface area contributed by atoms with E-state index >= 15 is 0 Å². The first-order valence-electron chi connectivity index (χ1n) is 12.4. The molecule has 0 radical (unpaired) electrons. The number of halogens is 2. The van der Waals surface area contributed by atoms with Crippen LogP contribution in [0.4, 0.5) is 10.2 Å². The summed E-state index contributed by atoms with van der Waals surface area (Å²) in [5, 5.41) is 21.5. The SMILES string of the molecule is CC(OC(COP(=O)(NCc1ccccc1)OCCSC(=O)C(C)(C)CO)C(O)F)n1cnc2c(N)nc(Cl)nc21. The predicted octanol–water partition coefficient (Wildman–Crippen LogP) is 3.46. The molecule has 41 heavy (non-hydrogen) atoms. The molecule has 3 rings (SSSR count). The van der Waals surface area contributed by atoms with Crippen molar-refractivity contribution in [1.29, 1.82) is 0 Å².